The molecule has 1 N–H and O–H groups in total. The molecule has 0 spiro atoms. The highest BCUT2D eigenvalue weighted by atomic mass is 19.3. The van der Waals surface area contributed by atoms with Crippen LogP contribution in [0, 0.1) is 5.92 Å². The van der Waals surface area contributed by atoms with Gasteiger partial charge in [-0.15, -0.1) is 0 Å². The van der Waals surface area contributed by atoms with Crippen molar-refractivity contribution in [2.45, 2.75) is 38.2 Å². The Hall–Kier alpha value is -1.98. The zero-order valence-electron chi connectivity index (χ0n) is 12.4. The van der Waals surface area contributed by atoms with E-state index >= 15 is 0 Å². The quantitative estimate of drug-likeness (QED) is 0.929. The van der Waals surface area contributed by atoms with Crippen LogP contribution in [0.1, 0.15) is 41.6 Å². The SMILES string of the molecule is CN(Cc1ccc(C(=O)O)cc1)C(=O)C1CCC(F)(F)CC1. The summed E-state index contributed by atoms with van der Waals surface area (Å²) in [4.78, 5) is 24.6. The Morgan fingerprint density at radius 2 is 1.77 bits per heavy atom. The zero-order chi connectivity index (χ0) is 16.3. The first-order valence-corrected chi connectivity index (χ1v) is 7.23. The molecule has 0 unspecified atom stereocenters. The molecule has 0 aliphatic heterocycles. The van der Waals surface area contributed by atoms with Crippen molar-refractivity contribution in [1.29, 1.82) is 0 Å². The number of nitrogens with zero attached hydrogens (tertiary/aromatic N) is 1. The van der Waals surface area contributed by atoms with Crippen molar-refractivity contribution in [3.63, 3.8) is 0 Å². The van der Waals surface area contributed by atoms with Gasteiger partial charge in [-0.2, -0.15) is 0 Å². The molecule has 0 atom stereocenters. The van der Waals surface area contributed by atoms with E-state index < -0.39 is 11.9 Å². The van der Waals surface area contributed by atoms with E-state index in [-0.39, 0.29) is 43.1 Å². The molecule has 120 valence electrons. The van der Waals surface area contributed by atoms with Gasteiger partial charge in [-0.3, -0.25) is 4.79 Å². The normalized spacial score (nSPS) is 18.0. The second-order valence-electron chi connectivity index (χ2n) is 5.83. The maximum Gasteiger partial charge on any atom is 0.335 e. The zero-order valence-corrected chi connectivity index (χ0v) is 12.4. The molecule has 0 saturated heterocycles. The summed E-state index contributed by atoms with van der Waals surface area (Å²) >= 11 is 0. The number of carbonyl (C=O) groups is 2. The molecule has 1 aliphatic rings. The third-order valence-corrected chi connectivity index (χ3v) is 4.06. The summed E-state index contributed by atoms with van der Waals surface area (Å²) in [5.74, 6) is -4.11. The van der Waals surface area contributed by atoms with Crippen LogP contribution in [0.2, 0.25) is 0 Å². The highest BCUT2D eigenvalue weighted by Gasteiger charge is 2.38. The Morgan fingerprint density at radius 3 is 2.27 bits per heavy atom. The minimum atomic E-state index is -2.64. The molecule has 1 saturated carbocycles. The van der Waals surface area contributed by atoms with Crippen molar-refractivity contribution < 1.29 is 23.5 Å². The van der Waals surface area contributed by atoms with E-state index in [1.165, 1.54) is 17.0 Å². The summed E-state index contributed by atoms with van der Waals surface area (Å²) < 4.78 is 26.2. The van der Waals surface area contributed by atoms with Crippen LogP contribution in [-0.4, -0.2) is 34.9 Å². The minimum Gasteiger partial charge on any atom is -0.478 e. The first-order chi connectivity index (χ1) is 10.3. The van der Waals surface area contributed by atoms with Gasteiger partial charge in [0.15, 0.2) is 0 Å². The number of hydrogen-bond acceptors (Lipinski definition) is 2. The first kappa shape index (κ1) is 16.4. The minimum absolute atomic E-state index is 0.127. The van der Waals surface area contributed by atoms with Gasteiger partial charge in [0.05, 0.1) is 5.56 Å². The summed E-state index contributed by atoms with van der Waals surface area (Å²) in [7, 11) is 1.64. The number of carboxylic acids is 1. The van der Waals surface area contributed by atoms with Crippen molar-refractivity contribution in [3.8, 4) is 0 Å². The van der Waals surface area contributed by atoms with E-state index in [1.807, 2.05) is 0 Å². The molecule has 1 aromatic rings. The van der Waals surface area contributed by atoms with Crippen molar-refractivity contribution in [3.05, 3.63) is 35.4 Å². The van der Waals surface area contributed by atoms with Gasteiger partial charge >= 0.3 is 5.97 Å². The van der Waals surface area contributed by atoms with Gasteiger partial charge in [0, 0.05) is 32.4 Å². The monoisotopic (exact) mass is 311 g/mol. The lowest BCUT2D eigenvalue weighted by Crippen LogP contribution is -2.36. The van der Waals surface area contributed by atoms with E-state index in [1.54, 1.807) is 19.2 Å². The second-order valence-corrected chi connectivity index (χ2v) is 5.83. The van der Waals surface area contributed by atoms with Gasteiger partial charge in [0.1, 0.15) is 0 Å². The molecule has 1 amide bonds. The number of benzene rings is 1. The van der Waals surface area contributed by atoms with Crippen molar-refractivity contribution >= 4 is 11.9 Å². The molecule has 0 bridgehead atoms. The number of carboxylic acid groups (broad SMARTS) is 1. The van der Waals surface area contributed by atoms with Crippen LogP contribution in [0.25, 0.3) is 0 Å². The number of carbonyl (C=O) groups excluding carboxylic acids is 1. The van der Waals surface area contributed by atoms with Gasteiger partial charge in [-0.05, 0) is 30.5 Å². The van der Waals surface area contributed by atoms with E-state index in [0.717, 1.165) is 5.56 Å². The van der Waals surface area contributed by atoms with Crippen LogP contribution >= 0.6 is 0 Å². The molecule has 1 aromatic carbocycles. The molecular weight excluding hydrogens is 292 g/mol. The average molecular weight is 311 g/mol. The van der Waals surface area contributed by atoms with Crippen molar-refractivity contribution in [2.75, 3.05) is 7.05 Å². The maximum atomic E-state index is 13.1. The standard InChI is InChI=1S/C16H19F2NO3/c1-19(10-11-2-4-13(5-3-11)15(21)22)14(20)12-6-8-16(17,18)9-7-12/h2-5,12H,6-10H2,1H3,(H,21,22). The number of rotatable bonds is 4. The third-order valence-electron chi connectivity index (χ3n) is 4.06. The van der Waals surface area contributed by atoms with Gasteiger partial charge in [-0.25, -0.2) is 13.6 Å². The van der Waals surface area contributed by atoms with Crippen LogP contribution in [-0.2, 0) is 11.3 Å². The summed E-state index contributed by atoms with van der Waals surface area (Å²) in [6.07, 6.45) is -0.0304. The number of halogens is 2. The lowest BCUT2D eigenvalue weighted by atomic mass is 9.86. The van der Waals surface area contributed by atoms with Crippen molar-refractivity contribution in [2.24, 2.45) is 5.92 Å². The number of hydrogen-bond donors (Lipinski definition) is 1. The smallest absolute Gasteiger partial charge is 0.335 e. The molecule has 1 aliphatic carbocycles. The van der Waals surface area contributed by atoms with Crippen LogP contribution in [0.3, 0.4) is 0 Å². The van der Waals surface area contributed by atoms with Gasteiger partial charge in [0.25, 0.3) is 0 Å². The van der Waals surface area contributed by atoms with Gasteiger partial charge in [-0.1, -0.05) is 12.1 Å². The number of aromatic carboxylic acids is 1. The maximum absolute atomic E-state index is 13.1. The molecule has 0 heterocycles. The third kappa shape index (κ3) is 4.02. The van der Waals surface area contributed by atoms with E-state index in [2.05, 4.69) is 0 Å². The van der Waals surface area contributed by atoms with Crippen molar-refractivity contribution in [1.82, 2.24) is 4.90 Å². The molecule has 0 radical (unpaired) electrons. The summed E-state index contributed by atoms with van der Waals surface area (Å²) in [5, 5.41) is 8.83. The van der Waals surface area contributed by atoms with Crippen LogP contribution in [0.4, 0.5) is 8.78 Å². The summed E-state index contributed by atoms with van der Waals surface area (Å²) in [5.41, 5.74) is 0.995. The highest BCUT2D eigenvalue weighted by molar-refractivity contribution is 5.87. The largest absolute Gasteiger partial charge is 0.478 e. The Balaban J connectivity index is 1.92. The molecule has 22 heavy (non-hydrogen) atoms. The lowest BCUT2D eigenvalue weighted by Gasteiger charge is -2.30. The fourth-order valence-corrected chi connectivity index (χ4v) is 2.70. The highest BCUT2D eigenvalue weighted by Crippen LogP contribution is 2.36. The Kier molecular flexibility index (Phi) is 4.78. The molecule has 0 aromatic heterocycles. The van der Waals surface area contributed by atoms with E-state index in [4.69, 9.17) is 5.11 Å². The van der Waals surface area contributed by atoms with Crippen LogP contribution < -0.4 is 0 Å². The number of amides is 1. The number of alkyl halides is 2. The predicted octanol–water partition coefficient (Wildman–Crippen LogP) is 3.17. The summed E-state index contributed by atoms with van der Waals surface area (Å²) in [6.45, 7) is 0.339. The second kappa shape index (κ2) is 6.42. The molecular formula is C16H19F2NO3. The van der Waals surface area contributed by atoms with Crippen LogP contribution in [0.15, 0.2) is 24.3 Å². The molecule has 6 heteroatoms. The molecule has 1 fully saturated rings. The molecule has 2 rings (SSSR count). The van der Waals surface area contributed by atoms with Gasteiger partial charge < -0.3 is 10.0 Å². The topological polar surface area (TPSA) is 57.6 Å². The fraction of sp³-hybridized carbons (Fsp3) is 0.500. The lowest BCUT2D eigenvalue weighted by molar-refractivity contribution is -0.138. The van der Waals surface area contributed by atoms with E-state index in [0.29, 0.717) is 6.54 Å². The Morgan fingerprint density at radius 1 is 1.23 bits per heavy atom. The van der Waals surface area contributed by atoms with Crippen LogP contribution in [0.5, 0.6) is 0 Å². The average Bonchev–Trinajstić information content (AvgIpc) is 2.47. The summed E-state index contributed by atoms with van der Waals surface area (Å²) in [6, 6.07) is 6.28. The molecule has 4 nitrogen and oxygen atoms in total. The Labute approximate surface area is 127 Å². The van der Waals surface area contributed by atoms with E-state index in [9.17, 15) is 18.4 Å². The fourth-order valence-electron chi connectivity index (χ4n) is 2.70. The predicted molar refractivity (Wildman–Crippen MR) is 76.8 cm³/mol. The Bertz CT molecular complexity index is 547. The first-order valence-electron chi connectivity index (χ1n) is 7.23. The van der Waals surface area contributed by atoms with Gasteiger partial charge in [0.2, 0.25) is 11.8 Å².